The molecule has 0 aromatic heterocycles. The molecule has 2 aliphatic heterocycles. The van der Waals surface area contributed by atoms with Crippen LogP contribution >= 0.6 is 11.8 Å². The lowest BCUT2D eigenvalue weighted by Crippen LogP contribution is -2.60. The van der Waals surface area contributed by atoms with Gasteiger partial charge < -0.3 is 15.9 Å². The number of nitrogens with zero attached hydrogens (tertiary/aromatic N) is 1. The third-order valence-electron chi connectivity index (χ3n) is 4.64. The molecule has 0 aliphatic carbocycles. The maximum absolute atomic E-state index is 12.5. The van der Waals surface area contributed by atoms with Gasteiger partial charge in [0, 0.05) is 5.75 Å². The van der Waals surface area contributed by atoms with Gasteiger partial charge in [0.25, 0.3) is 0 Å². The van der Waals surface area contributed by atoms with Crippen LogP contribution in [0, 0.1) is 5.92 Å². The number of carboxylic acids is 1. The smallest absolute Gasteiger partial charge is 0.352 e. The normalized spacial score (nSPS) is 23.1. The minimum atomic E-state index is -1.14. The number of hydrogen-bond acceptors (Lipinski definition) is 6. The first kappa shape index (κ1) is 19.9. The SMILES string of the molecule is C/C=C\C1=C(C(=O)O)N2C(=O)[C@@H](/C=C/C(=O)[C@H](N)c3ccc(O)cc3)[C@H]2SC1. The number of amides is 1. The van der Waals surface area contributed by atoms with Crippen LogP contribution in [0.2, 0.25) is 0 Å². The van der Waals surface area contributed by atoms with Crippen molar-refractivity contribution in [2.75, 3.05) is 5.75 Å². The van der Waals surface area contributed by atoms with Crippen LogP contribution in [0.3, 0.4) is 0 Å². The number of rotatable bonds is 6. The number of aliphatic carboxylic acids is 1. The molecule has 8 heteroatoms. The molecule has 1 amide bonds. The third-order valence-corrected chi connectivity index (χ3v) is 5.96. The minimum Gasteiger partial charge on any atom is -0.508 e. The summed E-state index contributed by atoms with van der Waals surface area (Å²) in [7, 11) is 0. The number of phenolic OH excluding ortho intramolecular Hbond substituents is 1. The highest BCUT2D eigenvalue weighted by molar-refractivity contribution is 8.00. The van der Waals surface area contributed by atoms with Crippen molar-refractivity contribution < 1.29 is 24.6 Å². The lowest BCUT2D eigenvalue weighted by molar-refractivity contribution is -0.150. The molecule has 28 heavy (non-hydrogen) atoms. The fourth-order valence-corrected chi connectivity index (χ4v) is 4.55. The highest BCUT2D eigenvalue weighted by Gasteiger charge is 2.52. The first-order valence-electron chi connectivity index (χ1n) is 8.65. The molecule has 0 radical (unpaired) electrons. The van der Waals surface area contributed by atoms with Gasteiger partial charge in [0.05, 0.1) is 17.3 Å². The van der Waals surface area contributed by atoms with Crippen molar-refractivity contribution in [3.63, 3.8) is 0 Å². The second kappa shape index (κ2) is 8.04. The fraction of sp³-hybridized carbons (Fsp3) is 0.250. The van der Waals surface area contributed by atoms with Crippen LogP contribution in [0.4, 0.5) is 0 Å². The summed E-state index contributed by atoms with van der Waals surface area (Å²) in [5.74, 6) is -1.87. The Kier molecular flexibility index (Phi) is 5.71. The molecule has 1 aromatic rings. The maximum Gasteiger partial charge on any atom is 0.352 e. The molecule has 4 N–H and O–H groups in total. The molecule has 2 aliphatic rings. The number of allylic oxidation sites excluding steroid dienone is 2. The first-order valence-corrected chi connectivity index (χ1v) is 9.70. The molecule has 1 fully saturated rings. The van der Waals surface area contributed by atoms with Gasteiger partial charge in [-0.05, 0) is 36.3 Å². The van der Waals surface area contributed by atoms with Crippen molar-refractivity contribution in [1.82, 2.24) is 4.90 Å². The number of carbonyl (C=O) groups is 3. The number of hydrogen-bond donors (Lipinski definition) is 3. The van der Waals surface area contributed by atoms with Crippen molar-refractivity contribution in [3.05, 3.63) is 65.4 Å². The summed E-state index contributed by atoms with van der Waals surface area (Å²) in [5.41, 5.74) is 7.09. The molecule has 3 atom stereocenters. The summed E-state index contributed by atoms with van der Waals surface area (Å²) in [6.45, 7) is 1.79. The molecule has 7 nitrogen and oxygen atoms in total. The van der Waals surface area contributed by atoms with Crippen molar-refractivity contribution >= 4 is 29.4 Å². The van der Waals surface area contributed by atoms with Gasteiger partial charge in [0.2, 0.25) is 5.91 Å². The largest absolute Gasteiger partial charge is 0.508 e. The van der Waals surface area contributed by atoms with E-state index in [2.05, 4.69) is 0 Å². The predicted molar refractivity (Wildman–Crippen MR) is 105 cm³/mol. The van der Waals surface area contributed by atoms with Gasteiger partial charge in [0.1, 0.15) is 11.4 Å². The molecular weight excluding hydrogens is 380 g/mol. The van der Waals surface area contributed by atoms with Crippen molar-refractivity contribution in [2.45, 2.75) is 18.3 Å². The van der Waals surface area contributed by atoms with E-state index in [1.165, 1.54) is 40.9 Å². The number of nitrogens with two attached hydrogens (primary N) is 1. The first-order chi connectivity index (χ1) is 13.3. The van der Waals surface area contributed by atoms with Crippen LogP contribution in [0.1, 0.15) is 18.5 Å². The van der Waals surface area contributed by atoms with Gasteiger partial charge in [-0.15, -0.1) is 11.8 Å². The van der Waals surface area contributed by atoms with E-state index in [4.69, 9.17) is 5.73 Å². The molecule has 0 unspecified atom stereocenters. The highest BCUT2D eigenvalue weighted by atomic mass is 32.2. The summed E-state index contributed by atoms with van der Waals surface area (Å²) in [5, 5.41) is 18.5. The zero-order valence-corrected chi connectivity index (χ0v) is 15.9. The maximum atomic E-state index is 12.5. The van der Waals surface area contributed by atoms with E-state index in [-0.39, 0.29) is 28.5 Å². The molecule has 146 valence electrons. The summed E-state index contributed by atoms with van der Waals surface area (Å²) in [6, 6.07) is 5.11. The summed E-state index contributed by atoms with van der Waals surface area (Å²) < 4.78 is 0. The van der Waals surface area contributed by atoms with Crippen LogP contribution in [0.5, 0.6) is 5.75 Å². The highest BCUT2D eigenvalue weighted by Crippen LogP contribution is 2.44. The molecule has 1 aromatic carbocycles. The number of carbonyl (C=O) groups excluding carboxylic acids is 2. The van der Waals surface area contributed by atoms with Crippen molar-refractivity contribution in [3.8, 4) is 5.75 Å². The minimum absolute atomic E-state index is 0.00335. The lowest BCUT2D eigenvalue weighted by Gasteiger charge is -2.48. The number of benzene rings is 1. The second-order valence-corrected chi connectivity index (χ2v) is 7.55. The van der Waals surface area contributed by atoms with Gasteiger partial charge in [-0.1, -0.05) is 30.4 Å². The van der Waals surface area contributed by atoms with Gasteiger partial charge in [-0.25, -0.2) is 4.79 Å². The van der Waals surface area contributed by atoms with E-state index in [0.29, 0.717) is 16.9 Å². The Morgan fingerprint density at radius 3 is 2.61 bits per heavy atom. The zero-order valence-electron chi connectivity index (χ0n) is 15.1. The van der Waals surface area contributed by atoms with E-state index in [0.717, 1.165) is 0 Å². The van der Waals surface area contributed by atoms with E-state index >= 15 is 0 Å². The van der Waals surface area contributed by atoms with Gasteiger partial charge in [-0.2, -0.15) is 0 Å². The number of carboxylic acid groups (broad SMARTS) is 1. The number of aromatic hydroxyl groups is 1. The summed E-state index contributed by atoms with van der Waals surface area (Å²) >= 11 is 1.46. The average Bonchev–Trinajstić information content (AvgIpc) is 2.67. The zero-order chi connectivity index (χ0) is 20.4. The number of fused-ring (bicyclic) bond motifs is 1. The molecule has 2 heterocycles. The lowest BCUT2D eigenvalue weighted by atomic mass is 9.93. The third kappa shape index (κ3) is 3.61. The van der Waals surface area contributed by atoms with E-state index in [1.807, 2.05) is 0 Å². The number of ketones is 1. The van der Waals surface area contributed by atoms with Gasteiger partial charge in [-0.3, -0.25) is 14.5 Å². The Bertz CT molecular complexity index is 904. The average molecular weight is 400 g/mol. The van der Waals surface area contributed by atoms with E-state index < -0.39 is 17.9 Å². The number of β-lactam (4-membered cyclic amide) rings is 1. The van der Waals surface area contributed by atoms with E-state index in [1.54, 1.807) is 31.2 Å². The van der Waals surface area contributed by atoms with Crippen molar-refractivity contribution in [1.29, 1.82) is 0 Å². The van der Waals surface area contributed by atoms with Crippen LogP contribution in [-0.2, 0) is 14.4 Å². The Labute approximate surface area is 166 Å². The van der Waals surface area contributed by atoms with Crippen LogP contribution < -0.4 is 5.73 Å². The molecular formula is C20H20N2O5S. The molecule has 0 spiro atoms. The second-order valence-electron chi connectivity index (χ2n) is 6.45. The molecule has 0 saturated carbocycles. The quantitative estimate of drug-likeness (QED) is 0.493. The molecule has 0 bridgehead atoms. The van der Waals surface area contributed by atoms with Crippen molar-refractivity contribution in [2.24, 2.45) is 11.7 Å². The molecule has 3 rings (SSSR count). The Morgan fingerprint density at radius 2 is 2.00 bits per heavy atom. The standard InChI is InChI=1S/C20H20N2O5S/c1-2-3-12-10-28-19-14(18(25)22(19)17(12)20(26)27)8-9-15(24)16(21)11-4-6-13(23)7-5-11/h2-9,14,16,19,23H,10,21H2,1H3,(H,26,27)/b3-2-,9-8+/t14-,16-,19-/m1/s1. The van der Waals surface area contributed by atoms with Crippen LogP contribution in [0.15, 0.2) is 59.8 Å². The monoisotopic (exact) mass is 400 g/mol. The summed E-state index contributed by atoms with van der Waals surface area (Å²) in [4.78, 5) is 37.8. The predicted octanol–water partition coefficient (Wildman–Crippen LogP) is 1.96. The summed E-state index contributed by atoms with van der Waals surface area (Å²) in [6.07, 6.45) is 6.22. The van der Waals surface area contributed by atoms with Gasteiger partial charge in [0.15, 0.2) is 5.78 Å². The number of thioether (sulfide) groups is 1. The Morgan fingerprint density at radius 1 is 1.32 bits per heavy atom. The van der Waals surface area contributed by atoms with Crippen LogP contribution in [0.25, 0.3) is 0 Å². The topological polar surface area (TPSA) is 121 Å². The molecule has 1 saturated heterocycles. The Balaban J connectivity index is 1.73. The number of phenols is 1. The van der Waals surface area contributed by atoms with E-state index in [9.17, 15) is 24.6 Å². The Hall–Kier alpha value is -2.84. The van der Waals surface area contributed by atoms with Crippen LogP contribution in [-0.4, -0.2) is 43.9 Å². The van der Waals surface area contributed by atoms with Gasteiger partial charge >= 0.3 is 5.97 Å². The fourth-order valence-electron chi connectivity index (χ4n) is 3.19.